The van der Waals surface area contributed by atoms with Crippen molar-refractivity contribution in [2.45, 2.75) is 46.0 Å². The maximum absolute atomic E-state index is 12.5. The molecule has 0 saturated carbocycles. The van der Waals surface area contributed by atoms with Crippen LogP contribution in [0.15, 0.2) is 42.5 Å². The number of amides is 1. The number of nitrogens with zero attached hydrogens (tertiary/aromatic N) is 1. The van der Waals surface area contributed by atoms with E-state index in [1.165, 1.54) is 25.3 Å². The van der Waals surface area contributed by atoms with Gasteiger partial charge in [-0.1, -0.05) is 50.5 Å². The van der Waals surface area contributed by atoms with Crippen LogP contribution in [0.4, 0.5) is 11.4 Å². The van der Waals surface area contributed by atoms with Crippen molar-refractivity contribution in [2.75, 3.05) is 5.32 Å². The molecule has 1 N–H and O–H groups in total. The number of nitrogens with one attached hydrogen (secondary N) is 1. The molecule has 2 aromatic rings. The highest BCUT2D eigenvalue weighted by molar-refractivity contribution is 6.07. The first-order chi connectivity index (χ1) is 12.0. The van der Waals surface area contributed by atoms with Crippen LogP contribution in [-0.4, -0.2) is 10.8 Å². The molecule has 0 radical (unpaired) electrons. The number of nitro groups is 1. The summed E-state index contributed by atoms with van der Waals surface area (Å²) >= 11 is 0. The van der Waals surface area contributed by atoms with Gasteiger partial charge in [0.2, 0.25) is 0 Å². The predicted molar refractivity (Wildman–Crippen MR) is 100 cm³/mol. The van der Waals surface area contributed by atoms with Crippen LogP contribution in [0.3, 0.4) is 0 Å². The minimum Gasteiger partial charge on any atom is -0.322 e. The Morgan fingerprint density at radius 1 is 1.12 bits per heavy atom. The Labute approximate surface area is 148 Å². The van der Waals surface area contributed by atoms with Gasteiger partial charge in [0.05, 0.1) is 4.92 Å². The molecule has 1 amide bonds. The second kappa shape index (κ2) is 8.97. The zero-order chi connectivity index (χ0) is 18.2. The third-order valence-electron chi connectivity index (χ3n) is 4.17. The summed E-state index contributed by atoms with van der Waals surface area (Å²) in [6.45, 7) is 3.81. The van der Waals surface area contributed by atoms with E-state index < -0.39 is 10.8 Å². The second-order valence-electron chi connectivity index (χ2n) is 6.19. The molecule has 25 heavy (non-hydrogen) atoms. The molecule has 0 aliphatic heterocycles. The standard InChI is InChI=1S/C20H24N2O3/c1-3-4-5-6-10-16-11-8-12-17(14-16)21-20(23)18-13-7-9-15(2)19(18)22(24)25/h7-9,11-14H,3-6,10H2,1-2H3,(H,21,23). The van der Waals surface area contributed by atoms with Gasteiger partial charge in [-0.3, -0.25) is 14.9 Å². The first-order valence-electron chi connectivity index (χ1n) is 8.67. The lowest BCUT2D eigenvalue weighted by atomic mass is 10.1. The molecular formula is C20H24N2O3. The molecule has 0 aliphatic carbocycles. The van der Waals surface area contributed by atoms with Crippen LogP contribution in [-0.2, 0) is 6.42 Å². The average molecular weight is 340 g/mol. The van der Waals surface area contributed by atoms with Crippen molar-refractivity contribution in [1.82, 2.24) is 0 Å². The summed E-state index contributed by atoms with van der Waals surface area (Å²) in [7, 11) is 0. The number of hydrogen-bond donors (Lipinski definition) is 1. The molecule has 0 aromatic heterocycles. The molecule has 0 bridgehead atoms. The summed E-state index contributed by atoms with van der Waals surface area (Å²) in [5.74, 6) is -0.460. The molecule has 5 nitrogen and oxygen atoms in total. The van der Waals surface area contributed by atoms with Crippen molar-refractivity contribution in [3.8, 4) is 0 Å². The highest BCUT2D eigenvalue weighted by Crippen LogP contribution is 2.24. The summed E-state index contributed by atoms with van der Waals surface area (Å²) < 4.78 is 0. The fourth-order valence-corrected chi connectivity index (χ4v) is 2.84. The number of aryl methyl sites for hydroxylation is 2. The molecular weight excluding hydrogens is 316 g/mol. The Morgan fingerprint density at radius 3 is 2.60 bits per heavy atom. The molecule has 0 saturated heterocycles. The summed E-state index contributed by atoms with van der Waals surface area (Å²) in [6.07, 6.45) is 5.71. The molecule has 5 heteroatoms. The van der Waals surface area contributed by atoms with E-state index in [0.717, 1.165) is 18.4 Å². The van der Waals surface area contributed by atoms with E-state index in [9.17, 15) is 14.9 Å². The average Bonchev–Trinajstić information content (AvgIpc) is 2.58. The van der Waals surface area contributed by atoms with E-state index in [0.29, 0.717) is 11.3 Å². The number of nitro benzene ring substituents is 1. The van der Waals surface area contributed by atoms with E-state index in [-0.39, 0.29) is 11.3 Å². The largest absolute Gasteiger partial charge is 0.322 e. The lowest BCUT2D eigenvalue weighted by Crippen LogP contribution is -2.14. The second-order valence-corrected chi connectivity index (χ2v) is 6.19. The third kappa shape index (κ3) is 5.14. The molecule has 0 atom stereocenters. The Balaban J connectivity index is 2.11. The number of carbonyl (C=O) groups excluding carboxylic acids is 1. The molecule has 0 spiro atoms. The van der Waals surface area contributed by atoms with Gasteiger partial charge in [0.15, 0.2) is 0 Å². The molecule has 0 heterocycles. The maximum atomic E-state index is 12.5. The topological polar surface area (TPSA) is 72.2 Å². The Kier molecular flexibility index (Phi) is 6.69. The number of rotatable bonds is 8. The predicted octanol–water partition coefficient (Wildman–Crippen LogP) is 5.28. The van der Waals surface area contributed by atoms with E-state index in [2.05, 4.69) is 12.2 Å². The van der Waals surface area contributed by atoms with Crippen molar-refractivity contribution in [2.24, 2.45) is 0 Å². The number of unbranched alkanes of at least 4 members (excludes halogenated alkanes) is 3. The Hall–Kier alpha value is -2.69. The van der Waals surface area contributed by atoms with E-state index >= 15 is 0 Å². The Bertz CT molecular complexity index is 756. The smallest absolute Gasteiger partial charge is 0.285 e. The van der Waals surface area contributed by atoms with Gasteiger partial charge in [0.1, 0.15) is 5.56 Å². The number of anilines is 1. The zero-order valence-corrected chi connectivity index (χ0v) is 14.7. The summed E-state index contributed by atoms with van der Waals surface area (Å²) in [5.41, 5.74) is 2.23. The van der Waals surface area contributed by atoms with E-state index in [1.54, 1.807) is 25.1 Å². The fraction of sp³-hybridized carbons (Fsp3) is 0.350. The van der Waals surface area contributed by atoms with Crippen LogP contribution in [0.25, 0.3) is 0 Å². The number of para-hydroxylation sites is 1. The highest BCUT2D eigenvalue weighted by atomic mass is 16.6. The third-order valence-corrected chi connectivity index (χ3v) is 4.17. The molecule has 132 valence electrons. The van der Waals surface area contributed by atoms with Gasteiger partial charge in [-0.2, -0.15) is 0 Å². The van der Waals surface area contributed by atoms with Gasteiger partial charge < -0.3 is 5.32 Å². The maximum Gasteiger partial charge on any atom is 0.285 e. The van der Waals surface area contributed by atoms with Crippen molar-refractivity contribution in [3.05, 3.63) is 69.3 Å². The lowest BCUT2D eigenvalue weighted by Gasteiger charge is -2.09. The quantitative estimate of drug-likeness (QED) is 0.404. The lowest BCUT2D eigenvalue weighted by molar-refractivity contribution is -0.385. The minimum atomic E-state index is -0.506. The van der Waals surface area contributed by atoms with Crippen LogP contribution in [0.2, 0.25) is 0 Å². The highest BCUT2D eigenvalue weighted by Gasteiger charge is 2.22. The fourth-order valence-electron chi connectivity index (χ4n) is 2.84. The normalized spacial score (nSPS) is 10.5. The van der Waals surface area contributed by atoms with E-state index in [4.69, 9.17) is 0 Å². The first-order valence-corrected chi connectivity index (χ1v) is 8.67. The van der Waals surface area contributed by atoms with Crippen LogP contribution in [0, 0.1) is 17.0 Å². The summed E-state index contributed by atoms with van der Waals surface area (Å²) in [5, 5.41) is 14.0. The van der Waals surface area contributed by atoms with Crippen LogP contribution in [0.5, 0.6) is 0 Å². The summed E-state index contributed by atoms with van der Waals surface area (Å²) in [4.78, 5) is 23.2. The first kappa shape index (κ1) is 18.6. The van der Waals surface area contributed by atoms with Gasteiger partial charge in [-0.05, 0) is 43.5 Å². The van der Waals surface area contributed by atoms with Crippen LogP contribution >= 0.6 is 0 Å². The van der Waals surface area contributed by atoms with Crippen molar-refractivity contribution in [1.29, 1.82) is 0 Å². The molecule has 0 fully saturated rings. The van der Waals surface area contributed by atoms with Gasteiger partial charge in [-0.25, -0.2) is 0 Å². The number of carbonyl (C=O) groups is 1. The van der Waals surface area contributed by atoms with Gasteiger partial charge >= 0.3 is 0 Å². The molecule has 0 unspecified atom stereocenters. The molecule has 2 aromatic carbocycles. The van der Waals surface area contributed by atoms with E-state index in [1.807, 2.05) is 18.2 Å². The zero-order valence-electron chi connectivity index (χ0n) is 14.7. The van der Waals surface area contributed by atoms with Crippen LogP contribution < -0.4 is 5.32 Å². The number of hydrogen-bond acceptors (Lipinski definition) is 3. The van der Waals surface area contributed by atoms with Crippen molar-refractivity contribution < 1.29 is 9.72 Å². The monoisotopic (exact) mass is 340 g/mol. The van der Waals surface area contributed by atoms with Crippen LogP contribution in [0.1, 0.15) is 54.1 Å². The van der Waals surface area contributed by atoms with Gasteiger partial charge in [0.25, 0.3) is 11.6 Å². The van der Waals surface area contributed by atoms with Gasteiger partial charge in [0, 0.05) is 11.3 Å². The Morgan fingerprint density at radius 2 is 1.88 bits per heavy atom. The van der Waals surface area contributed by atoms with Gasteiger partial charge in [-0.15, -0.1) is 0 Å². The molecule has 0 aliphatic rings. The summed E-state index contributed by atoms with van der Waals surface area (Å²) in [6, 6.07) is 12.4. The molecule has 2 rings (SSSR count). The van der Waals surface area contributed by atoms with Crippen molar-refractivity contribution in [3.63, 3.8) is 0 Å². The van der Waals surface area contributed by atoms with Crippen molar-refractivity contribution >= 4 is 17.3 Å². The SMILES string of the molecule is CCCCCCc1cccc(NC(=O)c2cccc(C)c2[N+](=O)[O-])c1. The minimum absolute atomic E-state index is 0.0818. The number of benzene rings is 2.